The molecule has 2 rings (SSSR count). The third-order valence-electron chi connectivity index (χ3n) is 2.61. The first-order chi connectivity index (χ1) is 8.48. The van der Waals surface area contributed by atoms with Gasteiger partial charge in [-0.1, -0.05) is 48.5 Å². The maximum absolute atomic E-state index is 11.0. The van der Waals surface area contributed by atoms with Crippen LogP contribution in [0.5, 0.6) is 0 Å². The van der Waals surface area contributed by atoms with Crippen molar-refractivity contribution in [3.8, 4) is 11.1 Å². The van der Waals surface area contributed by atoms with E-state index in [4.69, 9.17) is 9.79 Å². The Kier molecular flexibility index (Phi) is 3.64. The average molecular weight is 264 g/mol. The predicted octanol–water partition coefficient (Wildman–Crippen LogP) is 2.52. The molecular formula is C13H13O4P. The van der Waals surface area contributed by atoms with Crippen LogP contribution in [-0.2, 0) is 4.57 Å². The van der Waals surface area contributed by atoms with E-state index in [-0.39, 0.29) is 5.56 Å². The molecule has 0 saturated carbocycles. The summed E-state index contributed by atoms with van der Waals surface area (Å²) in [5.74, 6) is -1.78. The summed E-state index contributed by atoms with van der Waals surface area (Å²) in [5, 5.41) is 9.57. The Morgan fingerprint density at radius 1 is 0.889 bits per heavy atom. The molecule has 0 fully saturated rings. The fourth-order valence-electron chi connectivity index (χ4n) is 1.70. The van der Waals surface area contributed by atoms with Gasteiger partial charge in [0.25, 0.3) is 0 Å². The summed E-state index contributed by atoms with van der Waals surface area (Å²) >= 11 is 0. The Morgan fingerprint density at radius 3 is 2.11 bits per heavy atom. The second kappa shape index (κ2) is 5.04. The van der Waals surface area contributed by atoms with Crippen LogP contribution in [0.15, 0.2) is 54.6 Å². The molecule has 2 aromatic rings. The molecule has 0 aliphatic heterocycles. The monoisotopic (exact) mass is 264 g/mol. The van der Waals surface area contributed by atoms with Crippen LogP contribution in [0.1, 0.15) is 11.4 Å². The van der Waals surface area contributed by atoms with Crippen LogP contribution >= 0.6 is 7.60 Å². The lowest BCUT2D eigenvalue weighted by Gasteiger charge is -2.13. The van der Waals surface area contributed by atoms with Crippen LogP contribution in [0.3, 0.4) is 0 Å². The molecule has 94 valence electrons. The zero-order chi connectivity index (χ0) is 13.2. The highest BCUT2D eigenvalue weighted by atomic mass is 31.2. The second-order valence-electron chi connectivity index (χ2n) is 3.95. The summed E-state index contributed by atoms with van der Waals surface area (Å²) in [6.45, 7) is 0. The molecule has 0 aliphatic carbocycles. The van der Waals surface area contributed by atoms with Crippen molar-refractivity contribution in [3.05, 3.63) is 60.2 Å². The summed E-state index contributed by atoms with van der Waals surface area (Å²) in [7, 11) is -4.53. The van der Waals surface area contributed by atoms with Crippen molar-refractivity contribution >= 4 is 7.60 Å². The van der Waals surface area contributed by atoms with Crippen LogP contribution < -0.4 is 0 Å². The van der Waals surface area contributed by atoms with Gasteiger partial charge < -0.3 is 14.9 Å². The zero-order valence-electron chi connectivity index (χ0n) is 9.47. The second-order valence-corrected chi connectivity index (χ2v) is 5.62. The van der Waals surface area contributed by atoms with E-state index in [0.717, 1.165) is 11.1 Å². The fourth-order valence-corrected chi connectivity index (χ4v) is 2.25. The summed E-state index contributed by atoms with van der Waals surface area (Å²) in [6, 6.07) is 16.0. The van der Waals surface area contributed by atoms with E-state index in [1.54, 1.807) is 12.1 Å². The first-order valence-electron chi connectivity index (χ1n) is 5.37. The number of aliphatic hydroxyl groups is 1. The van der Waals surface area contributed by atoms with E-state index in [1.807, 2.05) is 36.4 Å². The van der Waals surface area contributed by atoms with Gasteiger partial charge in [0, 0.05) is 0 Å². The zero-order valence-corrected chi connectivity index (χ0v) is 10.4. The van der Waals surface area contributed by atoms with Crippen LogP contribution in [0.4, 0.5) is 0 Å². The minimum atomic E-state index is -4.53. The highest BCUT2D eigenvalue weighted by Gasteiger charge is 2.27. The molecule has 1 atom stereocenters. The van der Waals surface area contributed by atoms with E-state index in [9.17, 15) is 9.67 Å². The van der Waals surface area contributed by atoms with E-state index in [0.29, 0.717) is 0 Å². The first kappa shape index (κ1) is 13.0. The molecule has 2 aromatic carbocycles. The molecule has 4 nitrogen and oxygen atoms in total. The Morgan fingerprint density at radius 2 is 1.50 bits per heavy atom. The Labute approximate surface area is 105 Å². The third-order valence-corrected chi connectivity index (χ3v) is 3.55. The first-order valence-corrected chi connectivity index (χ1v) is 7.05. The lowest BCUT2D eigenvalue weighted by Crippen LogP contribution is -1.98. The van der Waals surface area contributed by atoms with E-state index < -0.39 is 13.4 Å². The van der Waals surface area contributed by atoms with Gasteiger partial charge in [-0.2, -0.15) is 0 Å². The molecule has 0 saturated heterocycles. The van der Waals surface area contributed by atoms with Gasteiger partial charge in [-0.3, -0.25) is 4.57 Å². The van der Waals surface area contributed by atoms with Crippen LogP contribution in [0.25, 0.3) is 11.1 Å². The summed E-state index contributed by atoms with van der Waals surface area (Å²) in [5.41, 5.74) is 1.95. The predicted molar refractivity (Wildman–Crippen MR) is 68.9 cm³/mol. The molecular weight excluding hydrogens is 251 g/mol. The number of hydrogen-bond donors (Lipinski definition) is 3. The number of aliphatic hydroxyl groups excluding tert-OH is 1. The van der Waals surface area contributed by atoms with Crippen LogP contribution in [0.2, 0.25) is 0 Å². The lowest BCUT2D eigenvalue weighted by atomic mass is 10.0. The van der Waals surface area contributed by atoms with Gasteiger partial charge in [-0.05, 0) is 22.8 Å². The van der Waals surface area contributed by atoms with Crippen molar-refractivity contribution in [2.45, 2.75) is 5.85 Å². The number of hydrogen-bond acceptors (Lipinski definition) is 2. The Hall–Kier alpha value is -1.45. The maximum Gasteiger partial charge on any atom is 0.358 e. The Balaban J connectivity index is 2.40. The van der Waals surface area contributed by atoms with Crippen LogP contribution in [-0.4, -0.2) is 14.9 Å². The Bertz CT molecular complexity index is 577. The van der Waals surface area contributed by atoms with Gasteiger partial charge in [0.15, 0.2) is 5.85 Å². The van der Waals surface area contributed by atoms with Crippen molar-refractivity contribution in [1.29, 1.82) is 0 Å². The van der Waals surface area contributed by atoms with Crippen LogP contribution in [0, 0.1) is 0 Å². The molecule has 0 aromatic heterocycles. The number of rotatable bonds is 3. The quantitative estimate of drug-likeness (QED) is 0.744. The molecule has 0 radical (unpaired) electrons. The van der Waals surface area contributed by atoms with Gasteiger partial charge in [-0.15, -0.1) is 0 Å². The summed E-state index contributed by atoms with van der Waals surface area (Å²) in [6.07, 6.45) is 0. The van der Waals surface area contributed by atoms with Crippen molar-refractivity contribution in [1.82, 2.24) is 0 Å². The SMILES string of the molecule is O=P(O)(O)C(O)c1cccc(-c2ccccc2)c1. The normalized spacial score (nSPS) is 13.3. The standard InChI is InChI=1S/C13H13O4P/c14-13(18(15,16)17)12-8-4-7-11(9-12)10-5-2-1-3-6-10/h1-9,13-14H,(H2,15,16,17). The molecule has 3 N–H and O–H groups in total. The van der Waals surface area contributed by atoms with Crippen molar-refractivity contribution < 1.29 is 19.5 Å². The summed E-state index contributed by atoms with van der Waals surface area (Å²) in [4.78, 5) is 17.9. The maximum atomic E-state index is 11.0. The van der Waals surface area contributed by atoms with Crippen molar-refractivity contribution in [3.63, 3.8) is 0 Å². The van der Waals surface area contributed by atoms with Gasteiger partial charge >= 0.3 is 7.60 Å². The van der Waals surface area contributed by atoms with E-state index in [1.165, 1.54) is 6.07 Å². The van der Waals surface area contributed by atoms with Gasteiger partial charge in [0.1, 0.15) is 0 Å². The molecule has 0 bridgehead atoms. The molecule has 0 heterocycles. The largest absolute Gasteiger partial charge is 0.376 e. The highest BCUT2D eigenvalue weighted by Crippen LogP contribution is 2.50. The molecule has 18 heavy (non-hydrogen) atoms. The van der Waals surface area contributed by atoms with E-state index >= 15 is 0 Å². The molecule has 0 spiro atoms. The molecule has 5 heteroatoms. The van der Waals surface area contributed by atoms with Gasteiger partial charge in [0.05, 0.1) is 0 Å². The van der Waals surface area contributed by atoms with Crippen molar-refractivity contribution in [2.24, 2.45) is 0 Å². The average Bonchev–Trinajstić information content (AvgIpc) is 2.38. The highest BCUT2D eigenvalue weighted by molar-refractivity contribution is 7.51. The minimum Gasteiger partial charge on any atom is -0.376 e. The fraction of sp³-hybridized carbons (Fsp3) is 0.0769. The number of benzene rings is 2. The smallest absolute Gasteiger partial charge is 0.358 e. The molecule has 1 unspecified atom stereocenters. The van der Waals surface area contributed by atoms with E-state index in [2.05, 4.69) is 0 Å². The van der Waals surface area contributed by atoms with Gasteiger partial charge in [0.2, 0.25) is 0 Å². The van der Waals surface area contributed by atoms with Crippen molar-refractivity contribution in [2.75, 3.05) is 0 Å². The summed E-state index contributed by atoms with van der Waals surface area (Å²) < 4.78 is 11.0. The molecule has 0 aliphatic rings. The van der Waals surface area contributed by atoms with Gasteiger partial charge in [-0.25, -0.2) is 0 Å². The molecule has 0 amide bonds. The third kappa shape index (κ3) is 2.86. The topological polar surface area (TPSA) is 77.8 Å². The minimum absolute atomic E-state index is 0.213. The lowest BCUT2D eigenvalue weighted by molar-refractivity contribution is 0.205.